The van der Waals surface area contributed by atoms with Gasteiger partial charge in [0.05, 0.1) is 11.4 Å². The first-order chi connectivity index (χ1) is 27.3. The molecule has 0 N–H and O–H groups in total. The number of benzene rings is 6. The van der Waals surface area contributed by atoms with Crippen molar-refractivity contribution >= 4 is 21.8 Å². The Labute approximate surface area is 340 Å². The predicted octanol–water partition coefficient (Wildman–Crippen LogP) is 11.7. The maximum absolute atomic E-state index is 5.60. The molecular weight excluding hydrogens is 864 g/mol. The van der Waals surface area contributed by atoms with Crippen LogP contribution in [0, 0.1) is 12.4 Å². The summed E-state index contributed by atoms with van der Waals surface area (Å²) >= 11 is 0. The fraction of sp³-hybridized carbons (Fsp3) is 0.0196. The van der Waals surface area contributed by atoms with Crippen molar-refractivity contribution in [3.8, 4) is 33.9 Å². The summed E-state index contributed by atoms with van der Waals surface area (Å²) in [6.45, 7) is 0. The third-order valence-electron chi connectivity index (χ3n) is 10.5. The third-order valence-corrected chi connectivity index (χ3v) is 10.5. The molecule has 10 aromatic rings. The number of pyridine rings is 2. The molecule has 0 spiro atoms. The predicted molar refractivity (Wildman–Crippen MR) is 223 cm³/mol. The molecule has 0 unspecified atom stereocenters. The summed E-state index contributed by atoms with van der Waals surface area (Å²) in [6.07, 6.45) is 7.43. The van der Waals surface area contributed by atoms with Crippen LogP contribution < -0.4 is 0 Å². The van der Waals surface area contributed by atoms with Crippen LogP contribution >= 0.6 is 0 Å². The molecule has 0 saturated carbocycles. The van der Waals surface area contributed by atoms with E-state index in [-0.39, 0.29) is 21.1 Å². The Morgan fingerprint density at radius 1 is 0.357 bits per heavy atom. The van der Waals surface area contributed by atoms with Gasteiger partial charge in [-0.2, -0.15) is 0 Å². The zero-order valence-electron chi connectivity index (χ0n) is 30.2. The Bertz CT molecular complexity index is 2710. The van der Waals surface area contributed by atoms with Crippen molar-refractivity contribution in [3.05, 3.63) is 241 Å². The standard InChI is InChI=1S/C51H34N4.Pt/c1-5-19-37(20-6-1)51(38-21-7-2-8-22-38,49-33-17-29-45(52-49)43-35-54(39-23-9-3-10-24-39)47-31-15-13-27-41(43)47)50-34-18-30-46(53-50)44-36-55(40-25-11-4-12-26-40)48-32-16-14-28-42(44)48;/h1-34H;/q-2;+2. The van der Waals surface area contributed by atoms with Gasteiger partial charge in [-0.25, -0.2) is 0 Å². The average molecular weight is 898 g/mol. The van der Waals surface area contributed by atoms with Crippen molar-refractivity contribution in [2.75, 3.05) is 0 Å². The van der Waals surface area contributed by atoms with Crippen LogP contribution in [-0.4, -0.2) is 19.1 Å². The molecule has 0 radical (unpaired) electrons. The van der Waals surface area contributed by atoms with E-state index < -0.39 is 5.41 Å². The summed E-state index contributed by atoms with van der Waals surface area (Å²) in [6, 6.07) is 71.7. The van der Waals surface area contributed by atoms with Crippen LogP contribution in [0.5, 0.6) is 0 Å². The largest absolute Gasteiger partial charge is 2.00 e. The summed E-state index contributed by atoms with van der Waals surface area (Å²) in [4.78, 5) is 11.2. The van der Waals surface area contributed by atoms with E-state index in [9.17, 15) is 0 Å². The minimum Gasteiger partial charge on any atom is -0.417 e. The van der Waals surface area contributed by atoms with Gasteiger partial charge in [-0.1, -0.05) is 216 Å². The molecule has 0 aliphatic carbocycles. The van der Waals surface area contributed by atoms with Crippen molar-refractivity contribution in [2.24, 2.45) is 0 Å². The zero-order valence-corrected chi connectivity index (χ0v) is 32.5. The number of nitrogens with zero attached hydrogens (tertiary/aromatic N) is 4. The van der Waals surface area contributed by atoms with Crippen molar-refractivity contribution in [1.29, 1.82) is 0 Å². The average Bonchev–Trinajstić information content (AvgIpc) is 3.86. The van der Waals surface area contributed by atoms with Crippen molar-refractivity contribution < 1.29 is 21.1 Å². The molecule has 4 nitrogen and oxygen atoms in total. The smallest absolute Gasteiger partial charge is 0.417 e. The van der Waals surface area contributed by atoms with E-state index in [0.29, 0.717) is 0 Å². The molecule has 0 aliphatic heterocycles. The van der Waals surface area contributed by atoms with Crippen LogP contribution in [0.15, 0.2) is 206 Å². The minimum absolute atomic E-state index is 0. The molecule has 0 fully saturated rings. The Morgan fingerprint density at radius 3 is 1.12 bits per heavy atom. The van der Waals surface area contributed by atoms with Gasteiger partial charge in [0.1, 0.15) is 5.41 Å². The van der Waals surface area contributed by atoms with Crippen LogP contribution in [0.25, 0.3) is 55.7 Å². The van der Waals surface area contributed by atoms with Gasteiger partial charge in [0.25, 0.3) is 0 Å². The molecule has 56 heavy (non-hydrogen) atoms. The van der Waals surface area contributed by atoms with Gasteiger partial charge < -0.3 is 9.13 Å². The first kappa shape index (κ1) is 35.1. The Kier molecular flexibility index (Phi) is 9.34. The van der Waals surface area contributed by atoms with E-state index in [0.717, 1.165) is 78.2 Å². The van der Waals surface area contributed by atoms with Gasteiger partial charge in [-0.15, -0.1) is 0 Å². The summed E-state index contributed by atoms with van der Waals surface area (Å²) in [5, 5.41) is 2.18. The Hall–Kier alpha value is -6.61. The fourth-order valence-corrected chi connectivity index (χ4v) is 8.01. The van der Waals surface area contributed by atoms with Gasteiger partial charge in [-0.05, 0) is 58.1 Å². The van der Waals surface area contributed by atoms with Crippen LogP contribution in [0.4, 0.5) is 0 Å². The summed E-state index contributed by atoms with van der Waals surface area (Å²) < 4.78 is 4.27. The van der Waals surface area contributed by atoms with Crippen LogP contribution in [0.2, 0.25) is 0 Å². The van der Waals surface area contributed by atoms with E-state index in [1.54, 1.807) is 0 Å². The number of aromatic nitrogens is 4. The normalized spacial score (nSPS) is 11.4. The minimum atomic E-state index is -0.871. The van der Waals surface area contributed by atoms with Crippen molar-refractivity contribution in [2.45, 2.75) is 5.41 Å². The summed E-state index contributed by atoms with van der Waals surface area (Å²) in [7, 11) is 0. The maximum Gasteiger partial charge on any atom is 2.00 e. The van der Waals surface area contributed by atoms with Crippen molar-refractivity contribution in [3.63, 3.8) is 0 Å². The topological polar surface area (TPSA) is 35.6 Å². The van der Waals surface area contributed by atoms with Crippen LogP contribution in [0.1, 0.15) is 22.5 Å². The van der Waals surface area contributed by atoms with E-state index in [1.807, 2.05) is 12.1 Å². The van der Waals surface area contributed by atoms with Gasteiger partial charge in [-0.3, -0.25) is 9.97 Å². The van der Waals surface area contributed by atoms with Crippen LogP contribution in [0.3, 0.4) is 0 Å². The molecule has 10 rings (SSSR count). The first-order valence-corrected chi connectivity index (χ1v) is 18.5. The van der Waals surface area contributed by atoms with E-state index in [2.05, 4.69) is 216 Å². The molecule has 0 bridgehead atoms. The Morgan fingerprint density at radius 2 is 0.714 bits per heavy atom. The van der Waals surface area contributed by atoms with Gasteiger partial charge >= 0.3 is 21.1 Å². The number of rotatable bonds is 8. The second-order valence-corrected chi connectivity index (χ2v) is 13.6. The van der Waals surface area contributed by atoms with Gasteiger partial charge in [0, 0.05) is 11.4 Å². The Balaban J connectivity index is 0.00000410. The molecule has 0 amide bonds. The second-order valence-electron chi connectivity index (χ2n) is 13.6. The summed E-state index contributed by atoms with van der Waals surface area (Å²) in [5.74, 6) is 0. The molecular formula is C51H34N4Pt. The molecule has 5 heteroatoms. The monoisotopic (exact) mass is 897 g/mol. The number of fused-ring (bicyclic) bond motifs is 2. The molecule has 6 aromatic carbocycles. The zero-order chi connectivity index (χ0) is 36.6. The maximum atomic E-state index is 5.60. The van der Waals surface area contributed by atoms with E-state index in [4.69, 9.17) is 9.97 Å². The molecule has 4 aromatic heterocycles. The van der Waals surface area contributed by atoms with Crippen molar-refractivity contribution in [1.82, 2.24) is 19.1 Å². The molecule has 0 atom stereocenters. The molecule has 4 heterocycles. The first-order valence-electron chi connectivity index (χ1n) is 18.5. The SMILES string of the molecule is [Pt+2].[c-]1c(-c2cccc(C(c3ccccc3)(c3ccccc3)c3cccc(-c4[c-]n(-c5ccccc5)c5ccccc45)n3)n2)c2ccccc2n1-c1ccccc1. The van der Waals surface area contributed by atoms with E-state index in [1.165, 1.54) is 0 Å². The number of para-hydroxylation sites is 4. The van der Waals surface area contributed by atoms with Gasteiger partial charge in [0.2, 0.25) is 0 Å². The fourth-order valence-electron chi connectivity index (χ4n) is 8.01. The molecule has 268 valence electrons. The molecule has 0 saturated heterocycles. The van der Waals surface area contributed by atoms with E-state index >= 15 is 0 Å². The second kappa shape index (κ2) is 14.9. The number of hydrogen-bond acceptors (Lipinski definition) is 2. The quantitative estimate of drug-likeness (QED) is 0.142. The third kappa shape index (κ3) is 5.91. The number of hydrogen-bond donors (Lipinski definition) is 0. The van der Waals surface area contributed by atoms with Crippen LogP contribution in [-0.2, 0) is 26.5 Å². The van der Waals surface area contributed by atoms with Gasteiger partial charge in [0.15, 0.2) is 0 Å². The molecule has 0 aliphatic rings. The summed E-state index contributed by atoms with van der Waals surface area (Å²) in [5.41, 5.74) is 10.8.